The molecule has 1 saturated carbocycles. The van der Waals surface area contributed by atoms with Gasteiger partial charge >= 0.3 is 0 Å². The summed E-state index contributed by atoms with van der Waals surface area (Å²) in [5.74, 6) is 1.93. The number of benzene rings is 2. The van der Waals surface area contributed by atoms with Crippen molar-refractivity contribution in [2.75, 3.05) is 31.6 Å². The molecule has 2 fully saturated rings. The van der Waals surface area contributed by atoms with Crippen molar-refractivity contribution in [3.63, 3.8) is 0 Å². The average Bonchev–Trinajstić information content (AvgIpc) is 3.46. The molecule has 176 valence electrons. The van der Waals surface area contributed by atoms with Gasteiger partial charge in [-0.1, -0.05) is 49.4 Å². The van der Waals surface area contributed by atoms with Crippen LogP contribution >= 0.6 is 11.6 Å². The summed E-state index contributed by atoms with van der Waals surface area (Å²) in [6, 6.07) is 14.5. The highest BCUT2D eigenvalue weighted by molar-refractivity contribution is 6.30. The van der Waals surface area contributed by atoms with E-state index in [1.807, 2.05) is 18.2 Å². The Morgan fingerprint density at radius 3 is 2.64 bits per heavy atom. The minimum atomic E-state index is 0.0255. The van der Waals surface area contributed by atoms with E-state index < -0.39 is 0 Å². The number of hydrogen-bond acceptors (Lipinski definition) is 3. The Labute approximate surface area is 202 Å². The van der Waals surface area contributed by atoms with Crippen LogP contribution in [0.25, 0.3) is 0 Å². The summed E-state index contributed by atoms with van der Waals surface area (Å²) in [6.07, 6.45) is 9.09. The first-order valence-electron chi connectivity index (χ1n) is 12.5. The predicted octanol–water partition coefficient (Wildman–Crippen LogP) is 6.20. The highest BCUT2D eigenvalue weighted by atomic mass is 35.5. The van der Waals surface area contributed by atoms with E-state index >= 15 is 0 Å². The Morgan fingerprint density at radius 2 is 1.91 bits per heavy atom. The highest BCUT2D eigenvalue weighted by Gasteiger charge is 2.46. The highest BCUT2D eigenvalue weighted by Crippen LogP contribution is 2.48. The molecule has 1 aliphatic carbocycles. The lowest BCUT2D eigenvalue weighted by Crippen LogP contribution is -2.45. The fourth-order valence-electron chi connectivity index (χ4n) is 6.22. The van der Waals surface area contributed by atoms with E-state index in [4.69, 9.17) is 16.3 Å². The molecular weight excluding hydrogens is 432 g/mol. The SMILES string of the molecule is COc1ccc2c(c1)C1(CCN(Cc3cccc(Cl)c3)CC1)CN2C(=O)CCC1CCCC1. The number of methoxy groups -OCH3 is 1. The standard InChI is InChI=1S/C28H35ClN2O2/c1-33-24-10-11-26-25(18-24)28(20-31(26)27(32)12-9-21-5-2-3-6-21)13-15-30(16-14-28)19-22-7-4-8-23(29)17-22/h4,7-8,10-11,17-18,21H,2-3,5-6,9,12-16,19-20H2,1H3. The van der Waals surface area contributed by atoms with Gasteiger partial charge in [0.25, 0.3) is 0 Å². The van der Waals surface area contributed by atoms with Gasteiger partial charge in [-0.05, 0) is 79.7 Å². The number of carbonyl (C=O) groups excluding carboxylic acids is 1. The van der Waals surface area contributed by atoms with Crippen molar-refractivity contribution >= 4 is 23.2 Å². The van der Waals surface area contributed by atoms with Crippen LogP contribution in [0.4, 0.5) is 5.69 Å². The lowest BCUT2D eigenvalue weighted by Gasteiger charge is -2.40. The molecule has 0 unspecified atom stereocenters. The van der Waals surface area contributed by atoms with Gasteiger partial charge in [0, 0.05) is 35.6 Å². The minimum Gasteiger partial charge on any atom is -0.497 e. The van der Waals surface area contributed by atoms with Crippen LogP contribution in [0.3, 0.4) is 0 Å². The van der Waals surface area contributed by atoms with E-state index in [0.29, 0.717) is 12.3 Å². The Bertz CT molecular complexity index is 993. The average molecular weight is 467 g/mol. The van der Waals surface area contributed by atoms with Crippen molar-refractivity contribution in [2.45, 2.75) is 63.3 Å². The fraction of sp³-hybridized carbons (Fsp3) is 0.536. The molecule has 2 heterocycles. The molecule has 3 aliphatic rings. The van der Waals surface area contributed by atoms with Crippen molar-refractivity contribution in [3.8, 4) is 5.75 Å². The van der Waals surface area contributed by atoms with Crippen molar-refractivity contribution < 1.29 is 9.53 Å². The van der Waals surface area contributed by atoms with Crippen LogP contribution < -0.4 is 9.64 Å². The van der Waals surface area contributed by atoms with Gasteiger partial charge in [0.1, 0.15) is 5.75 Å². The number of anilines is 1. The second-order valence-electron chi connectivity index (χ2n) is 10.2. The third-order valence-corrected chi connectivity index (χ3v) is 8.41. The summed E-state index contributed by atoms with van der Waals surface area (Å²) < 4.78 is 5.57. The van der Waals surface area contributed by atoms with Crippen molar-refractivity contribution in [1.82, 2.24) is 4.90 Å². The number of ether oxygens (including phenoxy) is 1. The van der Waals surface area contributed by atoms with Gasteiger partial charge in [-0.15, -0.1) is 0 Å². The Balaban J connectivity index is 1.31. The molecule has 0 bridgehead atoms. The Hall–Kier alpha value is -2.04. The summed E-state index contributed by atoms with van der Waals surface area (Å²) in [5.41, 5.74) is 3.70. The molecule has 0 radical (unpaired) electrons. The quantitative estimate of drug-likeness (QED) is 0.508. The van der Waals surface area contributed by atoms with E-state index in [2.05, 4.69) is 34.1 Å². The number of fused-ring (bicyclic) bond motifs is 2. The molecule has 5 heteroatoms. The number of likely N-dealkylation sites (tertiary alicyclic amines) is 1. The monoisotopic (exact) mass is 466 g/mol. The molecule has 1 saturated heterocycles. The summed E-state index contributed by atoms with van der Waals surface area (Å²) in [4.78, 5) is 18.0. The van der Waals surface area contributed by atoms with Crippen LogP contribution in [-0.2, 0) is 16.8 Å². The van der Waals surface area contributed by atoms with Crippen molar-refractivity contribution in [1.29, 1.82) is 0 Å². The van der Waals surface area contributed by atoms with Gasteiger partial charge in [0.2, 0.25) is 5.91 Å². The number of piperidine rings is 1. The normalized spacial score (nSPS) is 20.4. The molecule has 5 rings (SSSR count). The molecule has 1 spiro atoms. The zero-order valence-corrected chi connectivity index (χ0v) is 20.4. The number of rotatable bonds is 6. The third-order valence-electron chi connectivity index (χ3n) is 8.18. The lowest BCUT2D eigenvalue weighted by molar-refractivity contribution is -0.119. The zero-order chi connectivity index (χ0) is 22.8. The van der Waals surface area contributed by atoms with Crippen LogP contribution in [0, 0.1) is 5.92 Å². The molecule has 4 nitrogen and oxygen atoms in total. The first-order chi connectivity index (χ1) is 16.1. The molecule has 0 aromatic heterocycles. The van der Waals surface area contributed by atoms with Gasteiger partial charge < -0.3 is 9.64 Å². The fourth-order valence-corrected chi connectivity index (χ4v) is 6.43. The topological polar surface area (TPSA) is 32.8 Å². The maximum absolute atomic E-state index is 13.4. The number of halogens is 1. The number of amides is 1. The summed E-state index contributed by atoms with van der Waals surface area (Å²) in [5, 5.41) is 0.796. The van der Waals surface area contributed by atoms with Crippen LogP contribution in [-0.4, -0.2) is 37.6 Å². The Morgan fingerprint density at radius 1 is 1.12 bits per heavy atom. The maximum Gasteiger partial charge on any atom is 0.227 e. The van der Waals surface area contributed by atoms with Gasteiger partial charge in [-0.25, -0.2) is 0 Å². The van der Waals surface area contributed by atoms with Gasteiger partial charge in [0.15, 0.2) is 0 Å². The molecule has 2 aliphatic heterocycles. The van der Waals surface area contributed by atoms with E-state index in [-0.39, 0.29) is 5.41 Å². The molecule has 1 amide bonds. The van der Waals surface area contributed by atoms with Crippen LogP contribution in [0.5, 0.6) is 5.75 Å². The zero-order valence-electron chi connectivity index (χ0n) is 19.7. The number of nitrogens with zero attached hydrogens (tertiary/aromatic N) is 2. The van der Waals surface area contributed by atoms with Crippen LogP contribution in [0.2, 0.25) is 5.02 Å². The van der Waals surface area contributed by atoms with Crippen LogP contribution in [0.15, 0.2) is 42.5 Å². The first kappa shape index (κ1) is 22.7. The second kappa shape index (κ2) is 9.68. The predicted molar refractivity (Wildman–Crippen MR) is 134 cm³/mol. The van der Waals surface area contributed by atoms with E-state index in [1.54, 1.807) is 7.11 Å². The largest absolute Gasteiger partial charge is 0.497 e. The summed E-state index contributed by atoms with van der Waals surface area (Å²) in [7, 11) is 1.72. The first-order valence-corrected chi connectivity index (χ1v) is 12.9. The maximum atomic E-state index is 13.4. The van der Waals surface area contributed by atoms with Crippen molar-refractivity contribution in [3.05, 3.63) is 58.6 Å². The van der Waals surface area contributed by atoms with Crippen molar-refractivity contribution in [2.24, 2.45) is 5.92 Å². The molecular formula is C28H35ClN2O2. The van der Waals surface area contributed by atoms with Crippen LogP contribution in [0.1, 0.15) is 62.5 Å². The summed E-state index contributed by atoms with van der Waals surface area (Å²) >= 11 is 6.19. The van der Waals surface area contributed by atoms with E-state index in [9.17, 15) is 4.79 Å². The number of carbonyl (C=O) groups is 1. The number of hydrogen-bond donors (Lipinski definition) is 0. The molecule has 2 aromatic rings. The lowest BCUT2D eigenvalue weighted by atomic mass is 9.74. The summed E-state index contributed by atoms with van der Waals surface area (Å²) in [6.45, 7) is 3.77. The van der Waals surface area contributed by atoms with Gasteiger partial charge in [-0.2, -0.15) is 0 Å². The van der Waals surface area contributed by atoms with E-state index in [0.717, 1.165) is 67.8 Å². The van der Waals surface area contributed by atoms with Gasteiger partial charge in [-0.3, -0.25) is 9.69 Å². The Kier molecular flexibility index (Phi) is 6.67. The smallest absolute Gasteiger partial charge is 0.227 e. The molecule has 0 N–H and O–H groups in total. The molecule has 2 aromatic carbocycles. The minimum absolute atomic E-state index is 0.0255. The van der Waals surface area contributed by atoms with Gasteiger partial charge in [0.05, 0.1) is 7.11 Å². The molecule has 33 heavy (non-hydrogen) atoms. The second-order valence-corrected chi connectivity index (χ2v) is 10.7. The third kappa shape index (κ3) is 4.79. The van der Waals surface area contributed by atoms with E-state index in [1.165, 1.54) is 36.8 Å². The molecule has 0 atom stereocenters.